The fraction of sp³-hybridized carbons (Fsp3) is 0.333. The van der Waals surface area contributed by atoms with Gasteiger partial charge in [0.15, 0.2) is 0 Å². The molecule has 3 nitrogen and oxygen atoms in total. The van der Waals surface area contributed by atoms with E-state index in [0.717, 1.165) is 11.1 Å². The predicted molar refractivity (Wildman–Crippen MR) is 83.5 cm³/mol. The Balaban J connectivity index is 1.87. The number of rotatable bonds is 7. The van der Waals surface area contributed by atoms with Crippen LogP contribution >= 0.6 is 0 Å². The molecule has 0 aliphatic carbocycles. The molecular formula is C18H20O3. The molecule has 2 aromatic carbocycles. The molecule has 0 atom stereocenters. The summed E-state index contributed by atoms with van der Waals surface area (Å²) in [7, 11) is 0. The number of benzene rings is 2. The Morgan fingerprint density at radius 2 is 1.67 bits per heavy atom. The lowest BCUT2D eigenvalue weighted by Crippen LogP contribution is -2.20. The van der Waals surface area contributed by atoms with Crippen molar-refractivity contribution in [3.63, 3.8) is 0 Å². The largest absolute Gasteiger partial charge is 0.494 e. The van der Waals surface area contributed by atoms with Gasteiger partial charge in [-0.25, -0.2) is 0 Å². The second kappa shape index (κ2) is 7.02. The van der Waals surface area contributed by atoms with E-state index < -0.39 is 5.92 Å². The van der Waals surface area contributed by atoms with Crippen molar-refractivity contribution < 1.29 is 14.3 Å². The second-order valence-corrected chi connectivity index (χ2v) is 5.27. The van der Waals surface area contributed by atoms with Crippen molar-refractivity contribution in [2.24, 2.45) is 5.92 Å². The van der Waals surface area contributed by atoms with E-state index in [2.05, 4.69) is 6.07 Å². The van der Waals surface area contributed by atoms with Crippen LogP contribution in [-0.4, -0.2) is 18.2 Å². The molecular weight excluding hydrogens is 264 g/mol. The number of hydrogen-bond acceptors (Lipinski definition) is 3. The van der Waals surface area contributed by atoms with Crippen molar-refractivity contribution in [3.8, 4) is 5.75 Å². The van der Waals surface area contributed by atoms with Crippen LogP contribution in [0.4, 0.5) is 0 Å². The van der Waals surface area contributed by atoms with Gasteiger partial charge in [-0.2, -0.15) is 0 Å². The van der Waals surface area contributed by atoms with Crippen LogP contribution in [0.2, 0.25) is 0 Å². The molecule has 0 saturated heterocycles. The maximum absolute atomic E-state index is 11.3. The van der Waals surface area contributed by atoms with Crippen LogP contribution in [0.15, 0.2) is 42.5 Å². The maximum atomic E-state index is 11.3. The van der Waals surface area contributed by atoms with Crippen molar-refractivity contribution in [2.75, 3.05) is 6.61 Å². The van der Waals surface area contributed by atoms with E-state index in [1.165, 1.54) is 19.2 Å². The van der Waals surface area contributed by atoms with E-state index in [4.69, 9.17) is 4.74 Å². The van der Waals surface area contributed by atoms with E-state index in [0.29, 0.717) is 19.4 Å². The van der Waals surface area contributed by atoms with Crippen LogP contribution in [0.3, 0.4) is 0 Å². The van der Waals surface area contributed by atoms with Gasteiger partial charge in [0.2, 0.25) is 0 Å². The molecule has 0 bridgehead atoms. The molecule has 21 heavy (non-hydrogen) atoms. The molecule has 0 saturated carbocycles. The summed E-state index contributed by atoms with van der Waals surface area (Å²) >= 11 is 0. The zero-order valence-electron chi connectivity index (χ0n) is 12.5. The van der Waals surface area contributed by atoms with Crippen LogP contribution in [-0.2, 0) is 9.59 Å². The SMILES string of the molecule is CC(=O)C(CCCOc1ccc2ccccc2c1)C(C)=O. The molecule has 0 heterocycles. The standard InChI is InChI=1S/C18H20O3/c1-13(19)18(14(2)20)8-5-11-21-17-10-9-15-6-3-4-7-16(15)12-17/h3-4,6-7,9-10,12,18H,5,8,11H2,1-2H3. The molecule has 0 fully saturated rings. The van der Waals surface area contributed by atoms with E-state index >= 15 is 0 Å². The van der Waals surface area contributed by atoms with Crippen molar-refractivity contribution >= 4 is 22.3 Å². The molecule has 2 aromatic rings. The molecule has 0 unspecified atom stereocenters. The first kappa shape index (κ1) is 15.2. The van der Waals surface area contributed by atoms with Gasteiger partial charge in [-0.05, 0) is 49.6 Å². The van der Waals surface area contributed by atoms with Gasteiger partial charge in [-0.3, -0.25) is 9.59 Å². The first-order valence-electron chi connectivity index (χ1n) is 7.20. The zero-order chi connectivity index (χ0) is 15.2. The van der Waals surface area contributed by atoms with Crippen LogP contribution in [0.1, 0.15) is 26.7 Å². The minimum Gasteiger partial charge on any atom is -0.494 e. The summed E-state index contributed by atoms with van der Waals surface area (Å²) in [6.07, 6.45) is 1.24. The summed E-state index contributed by atoms with van der Waals surface area (Å²) in [5.41, 5.74) is 0. The Hall–Kier alpha value is -2.16. The van der Waals surface area contributed by atoms with E-state index in [9.17, 15) is 9.59 Å². The van der Waals surface area contributed by atoms with Gasteiger partial charge in [-0.1, -0.05) is 30.3 Å². The Labute approximate surface area is 124 Å². The summed E-state index contributed by atoms with van der Waals surface area (Å²) in [4.78, 5) is 22.7. The number of ketones is 2. The molecule has 0 aliphatic heterocycles. The predicted octanol–water partition coefficient (Wildman–Crippen LogP) is 3.79. The minimum atomic E-state index is -0.481. The third kappa shape index (κ3) is 4.15. The monoisotopic (exact) mass is 284 g/mol. The van der Waals surface area contributed by atoms with Gasteiger partial charge >= 0.3 is 0 Å². The molecule has 0 spiro atoms. The van der Waals surface area contributed by atoms with Crippen molar-refractivity contribution in [3.05, 3.63) is 42.5 Å². The zero-order valence-corrected chi connectivity index (χ0v) is 12.5. The summed E-state index contributed by atoms with van der Waals surface area (Å²) < 4.78 is 5.70. The van der Waals surface area contributed by atoms with E-state index in [-0.39, 0.29) is 11.6 Å². The van der Waals surface area contributed by atoms with Crippen molar-refractivity contribution in [1.29, 1.82) is 0 Å². The lowest BCUT2D eigenvalue weighted by Gasteiger charge is -2.11. The normalized spacial score (nSPS) is 10.8. The number of Topliss-reactive ketones (excluding diaryl/α,β-unsaturated/α-hetero) is 2. The average Bonchev–Trinajstić information content (AvgIpc) is 2.46. The Morgan fingerprint density at radius 3 is 2.33 bits per heavy atom. The quantitative estimate of drug-likeness (QED) is 0.574. The lowest BCUT2D eigenvalue weighted by molar-refractivity contribution is -0.130. The average molecular weight is 284 g/mol. The summed E-state index contributed by atoms with van der Waals surface area (Å²) in [6, 6.07) is 14.1. The molecule has 0 N–H and O–H groups in total. The Kier molecular flexibility index (Phi) is 5.09. The number of hydrogen-bond donors (Lipinski definition) is 0. The molecule has 2 rings (SSSR count). The molecule has 0 radical (unpaired) electrons. The molecule has 0 aromatic heterocycles. The lowest BCUT2D eigenvalue weighted by atomic mass is 9.95. The van der Waals surface area contributed by atoms with E-state index in [1.807, 2.05) is 36.4 Å². The molecule has 0 aliphatic rings. The van der Waals surface area contributed by atoms with Crippen LogP contribution < -0.4 is 4.74 Å². The Morgan fingerprint density at radius 1 is 1.00 bits per heavy atom. The molecule has 110 valence electrons. The van der Waals surface area contributed by atoms with Crippen molar-refractivity contribution in [2.45, 2.75) is 26.7 Å². The third-order valence-corrected chi connectivity index (χ3v) is 3.61. The summed E-state index contributed by atoms with van der Waals surface area (Å²) in [5, 5.41) is 2.32. The highest BCUT2D eigenvalue weighted by Gasteiger charge is 2.18. The van der Waals surface area contributed by atoms with Gasteiger partial charge in [0.25, 0.3) is 0 Å². The second-order valence-electron chi connectivity index (χ2n) is 5.27. The third-order valence-electron chi connectivity index (χ3n) is 3.61. The van der Waals surface area contributed by atoms with Gasteiger partial charge in [0, 0.05) is 0 Å². The first-order valence-corrected chi connectivity index (χ1v) is 7.20. The number of carbonyl (C=O) groups is 2. The van der Waals surface area contributed by atoms with Gasteiger partial charge < -0.3 is 4.74 Å². The number of carbonyl (C=O) groups excluding carboxylic acids is 2. The highest BCUT2D eigenvalue weighted by atomic mass is 16.5. The van der Waals surface area contributed by atoms with Gasteiger partial charge in [0.1, 0.15) is 17.3 Å². The smallest absolute Gasteiger partial charge is 0.140 e. The van der Waals surface area contributed by atoms with Crippen LogP contribution in [0.5, 0.6) is 5.75 Å². The Bertz CT molecular complexity index is 632. The first-order chi connectivity index (χ1) is 10.1. The van der Waals surface area contributed by atoms with Crippen LogP contribution in [0, 0.1) is 5.92 Å². The topological polar surface area (TPSA) is 43.4 Å². The minimum absolute atomic E-state index is 0.0618. The molecule has 3 heteroatoms. The van der Waals surface area contributed by atoms with Crippen molar-refractivity contribution in [1.82, 2.24) is 0 Å². The fourth-order valence-corrected chi connectivity index (χ4v) is 2.43. The fourth-order valence-electron chi connectivity index (χ4n) is 2.43. The summed E-state index contributed by atoms with van der Waals surface area (Å²) in [6.45, 7) is 3.45. The van der Waals surface area contributed by atoms with Gasteiger partial charge in [0.05, 0.1) is 12.5 Å². The maximum Gasteiger partial charge on any atom is 0.140 e. The highest BCUT2D eigenvalue weighted by Crippen LogP contribution is 2.21. The van der Waals surface area contributed by atoms with Crippen LogP contribution in [0.25, 0.3) is 10.8 Å². The molecule has 0 amide bonds. The van der Waals surface area contributed by atoms with Gasteiger partial charge in [-0.15, -0.1) is 0 Å². The highest BCUT2D eigenvalue weighted by molar-refractivity contribution is 6.00. The number of ether oxygens (including phenoxy) is 1. The summed E-state index contributed by atoms with van der Waals surface area (Å²) in [5.74, 6) is 0.211. The number of fused-ring (bicyclic) bond motifs is 1. The van der Waals surface area contributed by atoms with E-state index in [1.54, 1.807) is 0 Å².